The van der Waals surface area contributed by atoms with Gasteiger partial charge in [0.2, 0.25) is 11.8 Å². The molecule has 0 bridgehead atoms. The molecule has 3 N–H and O–H groups in total. The van der Waals surface area contributed by atoms with Gasteiger partial charge < -0.3 is 16.0 Å². The fourth-order valence-corrected chi connectivity index (χ4v) is 3.48. The highest BCUT2D eigenvalue weighted by molar-refractivity contribution is 7.59. The monoisotopic (exact) mass is 387 g/mol. The van der Waals surface area contributed by atoms with Crippen LogP contribution in [0.25, 0.3) is 0 Å². The Hall–Kier alpha value is -0.750. The minimum Gasteiger partial charge on any atom is -0.354 e. The molecule has 1 fully saturated rings. The van der Waals surface area contributed by atoms with Gasteiger partial charge in [0.25, 0.3) is 0 Å². The normalized spacial score (nSPS) is 16.8. The number of rotatable bonds is 13. The van der Waals surface area contributed by atoms with Gasteiger partial charge in [-0.3, -0.25) is 9.59 Å². The molecule has 0 aliphatic carbocycles. The van der Waals surface area contributed by atoms with Crippen LogP contribution in [-0.2, 0) is 9.59 Å². The van der Waals surface area contributed by atoms with E-state index in [0.29, 0.717) is 19.5 Å². The SMILES string of the molecule is CCCCCCCCC(=O)N1CCCCC1C(=O)NCCCCCN.S. The lowest BCUT2D eigenvalue weighted by molar-refractivity contribution is -0.142. The fourth-order valence-electron chi connectivity index (χ4n) is 3.48. The van der Waals surface area contributed by atoms with Gasteiger partial charge in [-0.2, -0.15) is 13.5 Å². The summed E-state index contributed by atoms with van der Waals surface area (Å²) in [5.41, 5.74) is 5.48. The van der Waals surface area contributed by atoms with Gasteiger partial charge in [0.05, 0.1) is 0 Å². The maximum Gasteiger partial charge on any atom is 0.242 e. The van der Waals surface area contributed by atoms with Crippen molar-refractivity contribution in [2.24, 2.45) is 5.73 Å². The van der Waals surface area contributed by atoms with Crippen molar-refractivity contribution in [3.05, 3.63) is 0 Å². The van der Waals surface area contributed by atoms with E-state index in [1.54, 1.807) is 0 Å². The van der Waals surface area contributed by atoms with Crippen LogP contribution in [0.3, 0.4) is 0 Å². The minimum absolute atomic E-state index is 0. The van der Waals surface area contributed by atoms with E-state index >= 15 is 0 Å². The van der Waals surface area contributed by atoms with Crippen LogP contribution in [0.2, 0.25) is 0 Å². The van der Waals surface area contributed by atoms with Crippen LogP contribution < -0.4 is 11.1 Å². The number of unbranched alkanes of at least 4 members (excludes halogenated alkanes) is 7. The topological polar surface area (TPSA) is 75.4 Å². The molecule has 1 unspecified atom stereocenters. The standard InChI is InChI=1S/C20H39N3O2.H2S/c1-2-3-4-5-6-8-14-19(24)23-17-12-9-13-18(23)20(25)22-16-11-7-10-15-21;/h18H,2-17,21H2,1H3,(H,22,25);1H2. The average Bonchev–Trinajstić information content (AvgIpc) is 2.64. The van der Waals surface area contributed by atoms with Crippen LogP contribution in [0.5, 0.6) is 0 Å². The first kappa shape index (κ1) is 25.2. The highest BCUT2D eigenvalue weighted by atomic mass is 32.1. The second-order valence-corrected chi connectivity index (χ2v) is 7.26. The number of carbonyl (C=O) groups excluding carboxylic acids is 2. The smallest absolute Gasteiger partial charge is 0.242 e. The lowest BCUT2D eigenvalue weighted by atomic mass is 10.00. The zero-order valence-electron chi connectivity index (χ0n) is 16.7. The Morgan fingerprint density at radius 2 is 1.69 bits per heavy atom. The highest BCUT2D eigenvalue weighted by Crippen LogP contribution is 2.19. The first-order chi connectivity index (χ1) is 12.2. The predicted molar refractivity (Wildman–Crippen MR) is 114 cm³/mol. The molecule has 0 aromatic carbocycles. The first-order valence-corrected chi connectivity index (χ1v) is 10.5. The van der Waals surface area contributed by atoms with Crippen LogP contribution in [-0.4, -0.2) is 42.4 Å². The number of piperidine rings is 1. The molecule has 0 radical (unpaired) electrons. The molecule has 5 nitrogen and oxygen atoms in total. The maximum absolute atomic E-state index is 12.5. The van der Waals surface area contributed by atoms with E-state index in [2.05, 4.69) is 12.2 Å². The van der Waals surface area contributed by atoms with Crippen LogP contribution >= 0.6 is 13.5 Å². The van der Waals surface area contributed by atoms with E-state index in [1.807, 2.05) is 4.90 Å². The van der Waals surface area contributed by atoms with Gasteiger partial charge in [0.15, 0.2) is 0 Å². The summed E-state index contributed by atoms with van der Waals surface area (Å²) in [4.78, 5) is 26.9. The summed E-state index contributed by atoms with van der Waals surface area (Å²) in [6, 6.07) is -0.254. The van der Waals surface area contributed by atoms with Gasteiger partial charge in [0, 0.05) is 19.5 Å². The number of likely N-dealkylation sites (tertiary alicyclic amines) is 1. The van der Waals surface area contributed by atoms with Crippen molar-refractivity contribution >= 4 is 25.3 Å². The second-order valence-electron chi connectivity index (χ2n) is 7.26. The summed E-state index contributed by atoms with van der Waals surface area (Å²) in [6.07, 6.45) is 13.5. The van der Waals surface area contributed by atoms with Crippen LogP contribution in [0.1, 0.15) is 90.4 Å². The molecule has 0 aromatic rings. The van der Waals surface area contributed by atoms with Crippen LogP contribution in [0, 0.1) is 0 Å². The minimum atomic E-state index is -0.254. The third-order valence-corrected chi connectivity index (χ3v) is 5.05. The van der Waals surface area contributed by atoms with Crippen LogP contribution in [0.15, 0.2) is 0 Å². The molecule has 1 saturated heterocycles. The number of nitrogens with one attached hydrogen (secondary N) is 1. The summed E-state index contributed by atoms with van der Waals surface area (Å²) in [5.74, 6) is 0.196. The lowest BCUT2D eigenvalue weighted by Gasteiger charge is -2.35. The van der Waals surface area contributed by atoms with Crippen molar-refractivity contribution in [1.82, 2.24) is 10.2 Å². The molecular formula is C20H41N3O2S. The van der Waals surface area contributed by atoms with Gasteiger partial charge in [-0.05, 0) is 45.1 Å². The molecule has 0 spiro atoms. The summed E-state index contributed by atoms with van der Waals surface area (Å²) in [7, 11) is 0. The van der Waals surface area contributed by atoms with Crippen molar-refractivity contribution in [2.75, 3.05) is 19.6 Å². The molecule has 154 valence electrons. The fraction of sp³-hybridized carbons (Fsp3) is 0.900. The largest absolute Gasteiger partial charge is 0.354 e. The highest BCUT2D eigenvalue weighted by Gasteiger charge is 2.31. The molecule has 6 heteroatoms. The molecule has 1 aliphatic heterocycles. The van der Waals surface area contributed by atoms with Gasteiger partial charge in [0.1, 0.15) is 6.04 Å². The van der Waals surface area contributed by atoms with E-state index in [1.165, 1.54) is 25.7 Å². The van der Waals surface area contributed by atoms with Crippen molar-refractivity contribution < 1.29 is 9.59 Å². The molecule has 26 heavy (non-hydrogen) atoms. The zero-order valence-corrected chi connectivity index (χ0v) is 17.7. The van der Waals surface area contributed by atoms with E-state index < -0.39 is 0 Å². The first-order valence-electron chi connectivity index (χ1n) is 10.5. The Balaban J connectivity index is 0.00000625. The van der Waals surface area contributed by atoms with E-state index in [9.17, 15) is 9.59 Å². The van der Waals surface area contributed by atoms with Gasteiger partial charge >= 0.3 is 0 Å². The third kappa shape index (κ3) is 10.4. The average molecular weight is 388 g/mol. The molecule has 1 atom stereocenters. The van der Waals surface area contributed by atoms with Gasteiger partial charge in [-0.15, -0.1) is 0 Å². The number of nitrogens with zero attached hydrogens (tertiary/aromatic N) is 1. The number of hydrogen-bond donors (Lipinski definition) is 2. The summed E-state index contributed by atoms with van der Waals surface area (Å²) in [5, 5.41) is 3.01. The molecule has 0 aromatic heterocycles. The second kappa shape index (κ2) is 16.4. The summed E-state index contributed by atoms with van der Waals surface area (Å²) in [6.45, 7) is 4.34. The van der Waals surface area contributed by atoms with E-state index in [4.69, 9.17) is 5.73 Å². The lowest BCUT2D eigenvalue weighted by Crippen LogP contribution is -2.52. The molecular weight excluding hydrogens is 346 g/mol. The molecule has 2 amide bonds. The Morgan fingerprint density at radius 1 is 1.00 bits per heavy atom. The Bertz CT molecular complexity index is 380. The predicted octanol–water partition coefficient (Wildman–Crippen LogP) is 3.48. The molecule has 1 aliphatic rings. The Labute approximate surface area is 167 Å². The van der Waals surface area contributed by atoms with Crippen LogP contribution in [0.4, 0.5) is 0 Å². The van der Waals surface area contributed by atoms with Crippen molar-refractivity contribution in [2.45, 2.75) is 96.4 Å². The molecule has 1 rings (SSSR count). The summed E-state index contributed by atoms with van der Waals surface area (Å²) < 4.78 is 0. The Kier molecular flexibility index (Phi) is 16.0. The maximum atomic E-state index is 12.5. The van der Waals surface area contributed by atoms with Gasteiger partial charge in [-0.25, -0.2) is 0 Å². The van der Waals surface area contributed by atoms with Crippen molar-refractivity contribution in [3.8, 4) is 0 Å². The molecule has 0 saturated carbocycles. The number of carbonyl (C=O) groups is 2. The van der Waals surface area contributed by atoms with Crippen molar-refractivity contribution in [3.63, 3.8) is 0 Å². The third-order valence-electron chi connectivity index (χ3n) is 5.05. The van der Waals surface area contributed by atoms with E-state index in [0.717, 1.165) is 57.9 Å². The number of amides is 2. The summed E-state index contributed by atoms with van der Waals surface area (Å²) >= 11 is 0. The number of hydrogen-bond acceptors (Lipinski definition) is 3. The van der Waals surface area contributed by atoms with E-state index in [-0.39, 0.29) is 31.4 Å². The van der Waals surface area contributed by atoms with Gasteiger partial charge in [-0.1, -0.05) is 45.4 Å². The zero-order chi connectivity index (χ0) is 18.3. The van der Waals surface area contributed by atoms with Crippen molar-refractivity contribution in [1.29, 1.82) is 0 Å². The Morgan fingerprint density at radius 3 is 2.42 bits per heavy atom. The number of nitrogens with two attached hydrogens (primary N) is 1. The quantitative estimate of drug-likeness (QED) is 0.475. The molecule has 1 heterocycles.